The molecule has 1 unspecified atom stereocenters. The molecule has 1 atom stereocenters. The fourth-order valence-corrected chi connectivity index (χ4v) is 2.67. The van der Waals surface area contributed by atoms with Crippen LogP contribution in [0.5, 0.6) is 0 Å². The molecule has 0 radical (unpaired) electrons. The summed E-state index contributed by atoms with van der Waals surface area (Å²) in [5, 5.41) is 10.2. The number of aryl methyl sites for hydroxylation is 2. The lowest BCUT2D eigenvalue weighted by Crippen LogP contribution is -2.06. The van der Waals surface area contributed by atoms with Crippen LogP contribution in [-0.4, -0.2) is 18.2 Å². The van der Waals surface area contributed by atoms with Gasteiger partial charge in [-0.2, -0.15) is 0 Å². The zero-order chi connectivity index (χ0) is 13.7. The zero-order valence-electron chi connectivity index (χ0n) is 11.5. The second-order valence-corrected chi connectivity index (χ2v) is 5.22. The minimum atomic E-state index is -0.475. The largest absolute Gasteiger partial charge is 0.469 e. The third-order valence-electron chi connectivity index (χ3n) is 3.84. The van der Waals surface area contributed by atoms with Crippen LogP contribution in [0.3, 0.4) is 0 Å². The van der Waals surface area contributed by atoms with E-state index < -0.39 is 6.10 Å². The third kappa shape index (κ3) is 3.80. The molecule has 1 aromatic rings. The van der Waals surface area contributed by atoms with Crippen molar-refractivity contribution in [1.82, 2.24) is 0 Å². The van der Waals surface area contributed by atoms with Gasteiger partial charge < -0.3 is 9.84 Å². The van der Waals surface area contributed by atoms with Gasteiger partial charge in [0.1, 0.15) is 0 Å². The minimum Gasteiger partial charge on any atom is -0.469 e. The smallest absolute Gasteiger partial charge is 0.305 e. The molecule has 19 heavy (non-hydrogen) atoms. The Labute approximate surface area is 114 Å². The topological polar surface area (TPSA) is 46.5 Å². The SMILES string of the molecule is COC(=O)CCCC(O)c1ccc2c(c1)CCCC2. The van der Waals surface area contributed by atoms with Crippen molar-refractivity contribution < 1.29 is 14.6 Å². The fourth-order valence-electron chi connectivity index (χ4n) is 2.67. The predicted molar refractivity (Wildman–Crippen MR) is 73.9 cm³/mol. The molecule has 1 aliphatic rings. The number of esters is 1. The molecule has 0 bridgehead atoms. The molecular weight excluding hydrogens is 240 g/mol. The van der Waals surface area contributed by atoms with E-state index in [4.69, 9.17) is 0 Å². The Kier molecular flexibility index (Phi) is 4.97. The van der Waals surface area contributed by atoms with Crippen molar-refractivity contribution in [1.29, 1.82) is 0 Å². The van der Waals surface area contributed by atoms with Gasteiger partial charge >= 0.3 is 5.97 Å². The summed E-state index contributed by atoms with van der Waals surface area (Å²) in [4.78, 5) is 11.0. The molecule has 3 nitrogen and oxygen atoms in total. The number of methoxy groups -OCH3 is 1. The monoisotopic (exact) mass is 262 g/mol. The van der Waals surface area contributed by atoms with Crippen LogP contribution in [0, 0.1) is 0 Å². The van der Waals surface area contributed by atoms with Crippen LogP contribution in [0.2, 0.25) is 0 Å². The molecule has 2 rings (SSSR count). The predicted octanol–water partition coefficient (Wildman–Crippen LogP) is 2.94. The van der Waals surface area contributed by atoms with E-state index in [2.05, 4.69) is 16.9 Å². The van der Waals surface area contributed by atoms with Crippen LogP contribution in [-0.2, 0) is 22.4 Å². The lowest BCUT2D eigenvalue weighted by Gasteiger charge is -2.18. The number of carbonyl (C=O) groups excluding carboxylic acids is 1. The van der Waals surface area contributed by atoms with Gasteiger partial charge in [-0.1, -0.05) is 18.2 Å². The highest BCUT2D eigenvalue weighted by molar-refractivity contribution is 5.68. The molecule has 0 aliphatic heterocycles. The summed E-state index contributed by atoms with van der Waals surface area (Å²) in [5.74, 6) is -0.211. The molecule has 0 fully saturated rings. The maximum absolute atomic E-state index is 11.0. The normalized spacial score (nSPS) is 15.7. The molecule has 104 valence electrons. The Morgan fingerprint density at radius 2 is 2.05 bits per heavy atom. The number of rotatable bonds is 5. The summed E-state index contributed by atoms with van der Waals surface area (Å²) in [7, 11) is 1.39. The quantitative estimate of drug-likeness (QED) is 0.830. The average molecular weight is 262 g/mol. The number of hydrogen-bond acceptors (Lipinski definition) is 3. The Balaban J connectivity index is 1.91. The van der Waals surface area contributed by atoms with Crippen molar-refractivity contribution >= 4 is 5.97 Å². The van der Waals surface area contributed by atoms with Gasteiger partial charge in [0.05, 0.1) is 13.2 Å². The van der Waals surface area contributed by atoms with Gasteiger partial charge in [-0.25, -0.2) is 0 Å². The highest BCUT2D eigenvalue weighted by Crippen LogP contribution is 2.26. The zero-order valence-corrected chi connectivity index (χ0v) is 11.5. The Bertz CT molecular complexity index is 440. The van der Waals surface area contributed by atoms with Crippen molar-refractivity contribution in [2.45, 2.75) is 51.0 Å². The van der Waals surface area contributed by atoms with Crippen molar-refractivity contribution in [2.75, 3.05) is 7.11 Å². The van der Waals surface area contributed by atoms with E-state index in [0.29, 0.717) is 19.3 Å². The molecular formula is C16H22O3. The Hall–Kier alpha value is -1.35. The lowest BCUT2D eigenvalue weighted by molar-refractivity contribution is -0.140. The van der Waals surface area contributed by atoms with Gasteiger partial charge in [-0.3, -0.25) is 4.79 Å². The summed E-state index contributed by atoms with van der Waals surface area (Å²) in [5.41, 5.74) is 3.79. The van der Waals surface area contributed by atoms with E-state index in [0.717, 1.165) is 18.4 Å². The van der Waals surface area contributed by atoms with E-state index in [1.165, 1.54) is 31.1 Å². The molecule has 0 spiro atoms. The molecule has 0 aromatic heterocycles. The summed E-state index contributed by atoms with van der Waals surface area (Å²) < 4.78 is 4.59. The molecule has 0 saturated heterocycles. The molecule has 0 saturated carbocycles. The minimum absolute atomic E-state index is 0.211. The molecule has 0 heterocycles. The van der Waals surface area contributed by atoms with E-state index in [1.54, 1.807) is 0 Å². The Morgan fingerprint density at radius 3 is 2.79 bits per heavy atom. The molecule has 0 amide bonds. The fraction of sp³-hybridized carbons (Fsp3) is 0.562. The van der Waals surface area contributed by atoms with Gasteiger partial charge in [0.15, 0.2) is 0 Å². The first-order valence-electron chi connectivity index (χ1n) is 7.07. The van der Waals surface area contributed by atoms with Gasteiger partial charge in [0.2, 0.25) is 0 Å². The average Bonchev–Trinajstić information content (AvgIpc) is 2.46. The van der Waals surface area contributed by atoms with Gasteiger partial charge in [0.25, 0.3) is 0 Å². The van der Waals surface area contributed by atoms with Crippen LogP contribution in [0.15, 0.2) is 18.2 Å². The van der Waals surface area contributed by atoms with Crippen molar-refractivity contribution in [3.05, 3.63) is 34.9 Å². The van der Waals surface area contributed by atoms with E-state index >= 15 is 0 Å². The standard InChI is InChI=1S/C16H22O3/c1-19-16(18)8-4-7-15(17)14-10-9-12-5-2-3-6-13(12)11-14/h9-11,15,17H,2-8H2,1H3. The highest BCUT2D eigenvalue weighted by Gasteiger charge is 2.13. The Morgan fingerprint density at radius 1 is 1.32 bits per heavy atom. The third-order valence-corrected chi connectivity index (χ3v) is 3.84. The number of aliphatic hydroxyl groups excluding tert-OH is 1. The number of aliphatic hydroxyl groups is 1. The van der Waals surface area contributed by atoms with Crippen LogP contribution < -0.4 is 0 Å². The van der Waals surface area contributed by atoms with Crippen molar-refractivity contribution in [3.63, 3.8) is 0 Å². The number of ether oxygens (including phenoxy) is 1. The molecule has 1 aromatic carbocycles. The van der Waals surface area contributed by atoms with Crippen LogP contribution in [0.1, 0.15) is 54.9 Å². The maximum atomic E-state index is 11.0. The summed E-state index contributed by atoms with van der Waals surface area (Å²) in [6.45, 7) is 0. The second-order valence-electron chi connectivity index (χ2n) is 5.22. The maximum Gasteiger partial charge on any atom is 0.305 e. The van der Waals surface area contributed by atoms with Gasteiger partial charge in [-0.05, 0) is 55.2 Å². The van der Waals surface area contributed by atoms with Crippen LogP contribution in [0.4, 0.5) is 0 Å². The molecule has 3 heteroatoms. The van der Waals surface area contributed by atoms with Gasteiger partial charge in [0, 0.05) is 6.42 Å². The first-order valence-corrected chi connectivity index (χ1v) is 7.07. The summed E-state index contributed by atoms with van der Waals surface area (Å²) in [6.07, 6.45) is 5.96. The second kappa shape index (κ2) is 6.71. The van der Waals surface area contributed by atoms with E-state index in [1.807, 2.05) is 6.07 Å². The first kappa shape index (κ1) is 14.1. The molecule has 1 aliphatic carbocycles. The van der Waals surface area contributed by atoms with Crippen LogP contribution >= 0.6 is 0 Å². The number of carbonyl (C=O) groups is 1. The lowest BCUT2D eigenvalue weighted by atomic mass is 9.89. The van der Waals surface area contributed by atoms with Crippen molar-refractivity contribution in [3.8, 4) is 0 Å². The van der Waals surface area contributed by atoms with E-state index in [9.17, 15) is 9.90 Å². The number of hydrogen-bond donors (Lipinski definition) is 1. The van der Waals surface area contributed by atoms with Crippen LogP contribution in [0.25, 0.3) is 0 Å². The summed E-state index contributed by atoms with van der Waals surface area (Å²) >= 11 is 0. The highest BCUT2D eigenvalue weighted by atomic mass is 16.5. The number of fused-ring (bicyclic) bond motifs is 1. The van der Waals surface area contributed by atoms with Crippen molar-refractivity contribution in [2.24, 2.45) is 0 Å². The van der Waals surface area contributed by atoms with Gasteiger partial charge in [-0.15, -0.1) is 0 Å². The first-order chi connectivity index (χ1) is 9.20. The number of benzene rings is 1. The summed E-state index contributed by atoms with van der Waals surface area (Å²) in [6, 6.07) is 6.30. The molecule has 1 N–H and O–H groups in total. The van der Waals surface area contributed by atoms with E-state index in [-0.39, 0.29) is 5.97 Å².